The number of fused-ring (bicyclic) bond motifs is 1. The molecule has 1 aliphatic carbocycles. The molecule has 0 heterocycles. The number of aryl methyl sites for hydroxylation is 1. The fourth-order valence-electron chi connectivity index (χ4n) is 2.45. The SMILES string of the molecule is Cc1ccccc1NC(=O)C1=C(Cl)C(=O)c2ccccc2C1=O. The molecule has 0 spiro atoms. The quantitative estimate of drug-likeness (QED) is 0.859. The highest BCUT2D eigenvalue weighted by molar-refractivity contribution is 6.53. The molecule has 2 aromatic carbocycles. The van der Waals surface area contributed by atoms with E-state index in [1.54, 1.807) is 24.3 Å². The van der Waals surface area contributed by atoms with Crippen molar-refractivity contribution in [3.63, 3.8) is 0 Å². The third kappa shape index (κ3) is 2.58. The summed E-state index contributed by atoms with van der Waals surface area (Å²) >= 11 is 6.01. The van der Waals surface area contributed by atoms with Gasteiger partial charge < -0.3 is 5.32 Å². The van der Waals surface area contributed by atoms with Gasteiger partial charge in [0.05, 0.1) is 0 Å². The Morgan fingerprint density at radius 2 is 1.48 bits per heavy atom. The van der Waals surface area contributed by atoms with Crippen molar-refractivity contribution in [2.45, 2.75) is 6.92 Å². The molecule has 114 valence electrons. The number of Topliss-reactive ketones (excluding diaryl/α,β-unsaturated/α-hetero) is 2. The Morgan fingerprint density at radius 3 is 2.13 bits per heavy atom. The Balaban J connectivity index is 2.01. The van der Waals surface area contributed by atoms with Gasteiger partial charge in [0, 0.05) is 16.8 Å². The molecular formula is C18H12ClNO3. The van der Waals surface area contributed by atoms with Crippen LogP contribution in [0.3, 0.4) is 0 Å². The molecule has 0 aliphatic heterocycles. The van der Waals surface area contributed by atoms with E-state index in [1.807, 2.05) is 19.1 Å². The van der Waals surface area contributed by atoms with Gasteiger partial charge in [0.1, 0.15) is 10.6 Å². The normalized spacial score (nSPS) is 13.8. The van der Waals surface area contributed by atoms with Crippen LogP contribution >= 0.6 is 11.6 Å². The number of carbonyl (C=O) groups excluding carboxylic acids is 3. The Hall–Kier alpha value is -2.72. The van der Waals surface area contributed by atoms with Crippen LogP contribution in [0.15, 0.2) is 59.1 Å². The number of ketones is 2. The highest BCUT2D eigenvalue weighted by Crippen LogP contribution is 2.29. The van der Waals surface area contributed by atoms with Gasteiger partial charge in [-0.15, -0.1) is 0 Å². The van der Waals surface area contributed by atoms with E-state index in [0.717, 1.165) is 5.56 Å². The number of halogens is 1. The largest absolute Gasteiger partial charge is 0.322 e. The van der Waals surface area contributed by atoms with E-state index in [0.29, 0.717) is 5.69 Å². The van der Waals surface area contributed by atoms with Crippen molar-refractivity contribution in [2.75, 3.05) is 5.32 Å². The van der Waals surface area contributed by atoms with Gasteiger partial charge in [-0.25, -0.2) is 0 Å². The molecule has 0 saturated heterocycles. The van der Waals surface area contributed by atoms with Crippen LogP contribution in [0.1, 0.15) is 26.3 Å². The standard InChI is InChI=1S/C18H12ClNO3/c1-10-6-2-5-9-13(10)20-18(23)14-15(19)17(22)12-8-4-3-7-11(12)16(14)21/h2-9H,1H3,(H,20,23). The fraction of sp³-hybridized carbons (Fsp3) is 0.0556. The lowest BCUT2D eigenvalue weighted by Gasteiger charge is -2.17. The van der Waals surface area contributed by atoms with Crippen molar-refractivity contribution in [3.05, 3.63) is 75.8 Å². The zero-order valence-corrected chi connectivity index (χ0v) is 13.0. The van der Waals surface area contributed by atoms with E-state index in [1.165, 1.54) is 12.1 Å². The number of para-hydroxylation sites is 1. The molecular weight excluding hydrogens is 314 g/mol. The smallest absolute Gasteiger partial charge is 0.261 e. The summed E-state index contributed by atoms with van der Waals surface area (Å²) in [6, 6.07) is 13.5. The first-order valence-electron chi connectivity index (χ1n) is 6.96. The lowest BCUT2D eigenvalue weighted by Crippen LogP contribution is -2.28. The Labute approximate surface area is 137 Å². The van der Waals surface area contributed by atoms with Crippen molar-refractivity contribution in [1.82, 2.24) is 0 Å². The molecule has 1 aliphatic rings. The fourth-order valence-corrected chi connectivity index (χ4v) is 2.72. The summed E-state index contributed by atoms with van der Waals surface area (Å²) in [6.45, 7) is 1.83. The highest BCUT2D eigenvalue weighted by atomic mass is 35.5. The average molecular weight is 326 g/mol. The Bertz CT molecular complexity index is 883. The molecule has 0 saturated carbocycles. The van der Waals surface area contributed by atoms with E-state index in [-0.39, 0.29) is 21.7 Å². The minimum absolute atomic E-state index is 0.192. The Morgan fingerprint density at radius 1 is 0.913 bits per heavy atom. The molecule has 5 heteroatoms. The first-order valence-corrected chi connectivity index (χ1v) is 7.33. The van der Waals surface area contributed by atoms with E-state index >= 15 is 0 Å². The number of rotatable bonds is 2. The summed E-state index contributed by atoms with van der Waals surface area (Å²) in [5, 5.41) is 2.29. The maximum Gasteiger partial charge on any atom is 0.261 e. The van der Waals surface area contributed by atoms with Gasteiger partial charge in [-0.05, 0) is 18.6 Å². The number of nitrogens with one attached hydrogen (secondary N) is 1. The van der Waals surface area contributed by atoms with Crippen LogP contribution in [-0.2, 0) is 4.79 Å². The molecule has 4 nitrogen and oxygen atoms in total. The summed E-state index contributed by atoms with van der Waals surface area (Å²) in [5.74, 6) is -1.75. The van der Waals surface area contributed by atoms with Crippen molar-refractivity contribution >= 4 is 34.8 Å². The van der Waals surface area contributed by atoms with E-state index in [9.17, 15) is 14.4 Å². The second-order valence-corrected chi connectivity index (χ2v) is 5.54. The zero-order valence-electron chi connectivity index (χ0n) is 12.2. The Kier molecular flexibility index (Phi) is 3.84. The third-order valence-corrected chi connectivity index (χ3v) is 4.04. The first kappa shape index (κ1) is 15.2. The minimum atomic E-state index is -0.683. The molecule has 1 amide bonds. The molecule has 0 fully saturated rings. The first-order chi connectivity index (χ1) is 11.0. The summed E-state index contributed by atoms with van der Waals surface area (Å²) in [6.07, 6.45) is 0. The second-order valence-electron chi connectivity index (χ2n) is 5.16. The number of carbonyl (C=O) groups is 3. The van der Waals surface area contributed by atoms with E-state index < -0.39 is 17.5 Å². The number of amides is 1. The molecule has 0 atom stereocenters. The summed E-state index contributed by atoms with van der Waals surface area (Å²) in [5.41, 5.74) is 1.49. The van der Waals surface area contributed by atoms with Gasteiger partial charge in [0.15, 0.2) is 0 Å². The number of anilines is 1. The molecule has 1 N–H and O–H groups in total. The molecule has 0 unspecified atom stereocenters. The van der Waals surface area contributed by atoms with E-state index in [2.05, 4.69) is 5.32 Å². The number of hydrogen-bond donors (Lipinski definition) is 1. The van der Waals surface area contributed by atoms with E-state index in [4.69, 9.17) is 11.6 Å². The van der Waals surface area contributed by atoms with Crippen LogP contribution in [0.5, 0.6) is 0 Å². The second kappa shape index (κ2) is 5.82. The van der Waals surface area contributed by atoms with Crippen molar-refractivity contribution < 1.29 is 14.4 Å². The molecule has 3 rings (SSSR count). The summed E-state index contributed by atoms with van der Waals surface area (Å²) in [4.78, 5) is 37.3. The third-order valence-electron chi connectivity index (χ3n) is 3.68. The number of allylic oxidation sites excluding steroid dienone is 1. The van der Waals surface area contributed by atoms with Gasteiger partial charge in [0.2, 0.25) is 11.6 Å². The van der Waals surface area contributed by atoms with Crippen molar-refractivity contribution in [2.24, 2.45) is 0 Å². The predicted octanol–water partition coefficient (Wildman–Crippen LogP) is 3.51. The van der Waals surface area contributed by atoms with Crippen LogP contribution < -0.4 is 5.32 Å². The zero-order chi connectivity index (χ0) is 16.6. The highest BCUT2D eigenvalue weighted by Gasteiger charge is 2.35. The number of hydrogen-bond acceptors (Lipinski definition) is 3. The van der Waals surface area contributed by atoms with Gasteiger partial charge in [-0.1, -0.05) is 54.1 Å². The predicted molar refractivity (Wildman–Crippen MR) is 87.8 cm³/mol. The topological polar surface area (TPSA) is 63.2 Å². The minimum Gasteiger partial charge on any atom is -0.322 e. The molecule has 2 aromatic rings. The van der Waals surface area contributed by atoms with Gasteiger partial charge in [0.25, 0.3) is 5.91 Å². The lowest BCUT2D eigenvalue weighted by atomic mass is 9.89. The molecule has 0 aromatic heterocycles. The van der Waals surface area contributed by atoms with Crippen molar-refractivity contribution in [3.8, 4) is 0 Å². The monoisotopic (exact) mass is 325 g/mol. The van der Waals surface area contributed by atoms with Crippen LogP contribution in [0.4, 0.5) is 5.69 Å². The maximum absolute atomic E-state index is 12.5. The van der Waals surface area contributed by atoms with Crippen LogP contribution in [0, 0.1) is 6.92 Å². The number of benzene rings is 2. The van der Waals surface area contributed by atoms with Crippen LogP contribution in [0.25, 0.3) is 0 Å². The lowest BCUT2D eigenvalue weighted by molar-refractivity contribution is -0.112. The average Bonchev–Trinajstić information content (AvgIpc) is 2.55. The van der Waals surface area contributed by atoms with Crippen LogP contribution in [-0.4, -0.2) is 17.5 Å². The van der Waals surface area contributed by atoms with Gasteiger partial charge >= 0.3 is 0 Å². The van der Waals surface area contributed by atoms with Gasteiger partial charge in [-0.2, -0.15) is 0 Å². The van der Waals surface area contributed by atoms with Gasteiger partial charge in [-0.3, -0.25) is 14.4 Å². The van der Waals surface area contributed by atoms with Crippen LogP contribution in [0.2, 0.25) is 0 Å². The molecule has 0 bridgehead atoms. The maximum atomic E-state index is 12.5. The molecule has 23 heavy (non-hydrogen) atoms. The molecule has 0 radical (unpaired) electrons. The van der Waals surface area contributed by atoms with Crippen molar-refractivity contribution in [1.29, 1.82) is 0 Å². The summed E-state index contributed by atoms with van der Waals surface area (Å²) < 4.78 is 0. The summed E-state index contributed by atoms with van der Waals surface area (Å²) in [7, 11) is 0.